The van der Waals surface area contributed by atoms with Crippen LogP contribution in [0.25, 0.3) is 0 Å². The minimum absolute atomic E-state index is 0.406. The first kappa shape index (κ1) is 11.6. The fraction of sp³-hybridized carbons (Fsp3) is 0.636. The third kappa shape index (κ3) is 2.83. The van der Waals surface area contributed by atoms with Gasteiger partial charge in [-0.25, -0.2) is 4.98 Å². The number of nitrogens with zero attached hydrogens (tertiary/aromatic N) is 3. The Morgan fingerprint density at radius 2 is 2.31 bits per heavy atom. The van der Waals surface area contributed by atoms with Gasteiger partial charge in [0.05, 0.1) is 24.4 Å². The van der Waals surface area contributed by atoms with E-state index in [2.05, 4.69) is 14.9 Å². The van der Waals surface area contributed by atoms with Gasteiger partial charge in [0.2, 0.25) is 0 Å². The lowest BCUT2D eigenvalue weighted by atomic mass is 10.4. The van der Waals surface area contributed by atoms with Crippen molar-refractivity contribution in [1.29, 1.82) is 0 Å². The van der Waals surface area contributed by atoms with Crippen LogP contribution in [-0.4, -0.2) is 36.3 Å². The van der Waals surface area contributed by atoms with Crippen molar-refractivity contribution in [2.24, 2.45) is 0 Å². The number of hydrogen-bond donors (Lipinski definition) is 0. The van der Waals surface area contributed by atoms with Crippen LogP contribution in [0.5, 0.6) is 0 Å². The molecule has 0 aromatic carbocycles. The normalized spacial score (nSPS) is 15.1. The molecule has 5 heteroatoms. The highest BCUT2D eigenvalue weighted by Crippen LogP contribution is 2.30. The molecule has 0 unspecified atom stereocenters. The van der Waals surface area contributed by atoms with Crippen molar-refractivity contribution in [2.75, 3.05) is 25.2 Å². The first-order chi connectivity index (χ1) is 7.85. The first-order valence-corrected chi connectivity index (χ1v) is 6.01. The third-order valence-electron chi connectivity index (χ3n) is 2.63. The number of halogens is 1. The molecule has 1 aromatic rings. The Kier molecular flexibility index (Phi) is 3.96. The van der Waals surface area contributed by atoms with Gasteiger partial charge in [-0.3, -0.25) is 4.98 Å². The SMILES string of the molecule is COCCN(c1cncc(CCl)n1)C1CC1. The van der Waals surface area contributed by atoms with Gasteiger partial charge in [0.25, 0.3) is 0 Å². The number of hydrogen-bond acceptors (Lipinski definition) is 4. The van der Waals surface area contributed by atoms with Gasteiger partial charge in [-0.15, -0.1) is 11.6 Å². The van der Waals surface area contributed by atoms with E-state index in [0.717, 1.165) is 18.1 Å². The zero-order chi connectivity index (χ0) is 11.4. The molecule has 16 heavy (non-hydrogen) atoms. The van der Waals surface area contributed by atoms with Gasteiger partial charge in [0.1, 0.15) is 5.82 Å². The van der Waals surface area contributed by atoms with Gasteiger partial charge < -0.3 is 9.64 Å². The summed E-state index contributed by atoms with van der Waals surface area (Å²) < 4.78 is 5.11. The molecule has 1 aliphatic rings. The predicted molar refractivity (Wildman–Crippen MR) is 63.8 cm³/mol. The second kappa shape index (κ2) is 5.46. The Hall–Kier alpha value is -0.870. The van der Waals surface area contributed by atoms with E-state index in [4.69, 9.17) is 16.3 Å². The van der Waals surface area contributed by atoms with Crippen LogP contribution in [0.15, 0.2) is 12.4 Å². The van der Waals surface area contributed by atoms with E-state index in [9.17, 15) is 0 Å². The highest BCUT2D eigenvalue weighted by molar-refractivity contribution is 6.16. The molecule has 0 atom stereocenters. The lowest BCUT2D eigenvalue weighted by Gasteiger charge is -2.22. The zero-order valence-electron chi connectivity index (χ0n) is 9.40. The number of ether oxygens (including phenoxy) is 1. The van der Waals surface area contributed by atoms with Crippen LogP contribution in [0, 0.1) is 0 Å². The topological polar surface area (TPSA) is 38.2 Å². The average molecular weight is 242 g/mol. The molecule has 2 rings (SSSR count). The van der Waals surface area contributed by atoms with Gasteiger partial charge >= 0.3 is 0 Å². The fourth-order valence-electron chi connectivity index (χ4n) is 1.66. The average Bonchev–Trinajstić information content (AvgIpc) is 3.14. The molecule has 0 spiro atoms. The number of rotatable bonds is 6. The van der Waals surface area contributed by atoms with Crippen molar-refractivity contribution in [2.45, 2.75) is 24.8 Å². The molecule has 4 nitrogen and oxygen atoms in total. The Labute approximate surface area is 101 Å². The monoisotopic (exact) mass is 241 g/mol. The van der Waals surface area contributed by atoms with E-state index in [-0.39, 0.29) is 0 Å². The molecule has 0 bridgehead atoms. The summed E-state index contributed by atoms with van der Waals surface area (Å²) in [6.45, 7) is 1.57. The lowest BCUT2D eigenvalue weighted by molar-refractivity contribution is 0.204. The number of aromatic nitrogens is 2. The smallest absolute Gasteiger partial charge is 0.147 e. The molecule has 0 aliphatic heterocycles. The Morgan fingerprint density at radius 1 is 1.50 bits per heavy atom. The summed E-state index contributed by atoms with van der Waals surface area (Å²) in [5, 5.41) is 0. The minimum Gasteiger partial charge on any atom is -0.383 e. The van der Waals surface area contributed by atoms with Crippen LogP contribution in [0.3, 0.4) is 0 Å². The van der Waals surface area contributed by atoms with E-state index >= 15 is 0 Å². The summed E-state index contributed by atoms with van der Waals surface area (Å²) in [4.78, 5) is 10.9. The van der Waals surface area contributed by atoms with Gasteiger partial charge in [0.15, 0.2) is 0 Å². The number of alkyl halides is 1. The van der Waals surface area contributed by atoms with E-state index in [1.807, 2.05) is 0 Å². The first-order valence-electron chi connectivity index (χ1n) is 5.47. The second-order valence-corrected chi connectivity index (χ2v) is 4.19. The maximum Gasteiger partial charge on any atom is 0.147 e. The summed E-state index contributed by atoms with van der Waals surface area (Å²) in [7, 11) is 1.71. The molecule has 1 fully saturated rings. The molecule has 88 valence electrons. The van der Waals surface area contributed by atoms with Crippen LogP contribution in [-0.2, 0) is 10.6 Å². The standard InChI is InChI=1S/C11H16ClN3O/c1-16-5-4-15(10-2-3-10)11-8-13-7-9(6-12)14-11/h7-8,10H,2-6H2,1H3. The van der Waals surface area contributed by atoms with E-state index in [1.54, 1.807) is 19.5 Å². The largest absolute Gasteiger partial charge is 0.383 e. The molecular weight excluding hydrogens is 226 g/mol. The summed E-state index contributed by atoms with van der Waals surface area (Å²) >= 11 is 5.76. The summed E-state index contributed by atoms with van der Waals surface area (Å²) in [6.07, 6.45) is 5.97. The number of anilines is 1. The molecule has 0 amide bonds. The Morgan fingerprint density at radius 3 is 2.94 bits per heavy atom. The van der Waals surface area contributed by atoms with E-state index < -0.39 is 0 Å². The Balaban J connectivity index is 2.10. The molecule has 1 aliphatic carbocycles. The molecular formula is C11H16ClN3O. The van der Waals surface area contributed by atoms with Crippen LogP contribution in [0.1, 0.15) is 18.5 Å². The Bertz CT molecular complexity index is 344. The summed E-state index contributed by atoms with van der Waals surface area (Å²) in [5.41, 5.74) is 0.822. The summed E-state index contributed by atoms with van der Waals surface area (Å²) in [5.74, 6) is 1.32. The van der Waals surface area contributed by atoms with Crippen molar-refractivity contribution >= 4 is 17.4 Å². The molecule has 0 saturated heterocycles. The van der Waals surface area contributed by atoms with Crippen LogP contribution in [0.2, 0.25) is 0 Å². The maximum absolute atomic E-state index is 5.76. The third-order valence-corrected chi connectivity index (χ3v) is 2.90. The highest BCUT2D eigenvalue weighted by Gasteiger charge is 2.29. The van der Waals surface area contributed by atoms with Crippen LogP contribution < -0.4 is 4.90 Å². The zero-order valence-corrected chi connectivity index (χ0v) is 10.2. The van der Waals surface area contributed by atoms with E-state index in [1.165, 1.54) is 12.8 Å². The highest BCUT2D eigenvalue weighted by atomic mass is 35.5. The van der Waals surface area contributed by atoms with Crippen molar-refractivity contribution in [3.63, 3.8) is 0 Å². The molecule has 0 N–H and O–H groups in total. The van der Waals surface area contributed by atoms with Crippen LogP contribution >= 0.6 is 11.6 Å². The minimum atomic E-state index is 0.406. The molecule has 1 heterocycles. The molecule has 1 saturated carbocycles. The van der Waals surface area contributed by atoms with Gasteiger partial charge in [-0.1, -0.05) is 0 Å². The van der Waals surface area contributed by atoms with Gasteiger partial charge in [0, 0.05) is 25.9 Å². The quantitative estimate of drug-likeness (QED) is 0.713. The van der Waals surface area contributed by atoms with Gasteiger partial charge in [-0.2, -0.15) is 0 Å². The van der Waals surface area contributed by atoms with Crippen molar-refractivity contribution in [3.05, 3.63) is 18.1 Å². The number of methoxy groups -OCH3 is 1. The summed E-state index contributed by atoms with van der Waals surface area (Å²) in [6, 6.07) is 0.607. The fourth-order valence-corrected chi connectivity index (χ4v) is 1.79. The van der Waals surface area contributed by atoms with Crippen molar-refractivity contribution < 1.29 is 4.74 Å². The van der Waals surface area contributed by atoms with Crippen molar-refractivity contribution in [1.82, 2.24) is 9.97 Å². The predicted octanol–water partition coefficient (Wildman–Crippen LogP) is 1.83. The van der Waals surface area contributed by atoms with E-state index in [0.29, 0.717) is 18.5 Å². The molecule has 0 radical (unpaired) electrons. The molecule has 1 aromatic heterocycles. The van der Waals surface area contributed by atoms with Crippen molar-refractivity contribution in [3.8, 4) is 0 Å². The van der Waals surface area contributed by atoms with Gasteiger partial charge in [-0.05, 0) is 12.8 Å². The second-order valence-electron chi connectivity index (χ2n) is 3.92. The lowest BCUT2D eigenvalue weighted by Crippen LogP contribution is -2.30. The van der Waals surface area contributed by atoms with Crippen LogP contribution in [0.4, 0.5) is 5.82 Å². The maximum atomic E-state index is 5.76.